The van der Waals surface area contributed by atoms with E-state index in [0.717, 1.165) is 51.3 Å². The van der Waals surface area contributed by atoms with E-state index in [1.807, 2.05) is 42.2 Å². The van der Waals surface area contributed by atoms with E-state index in [2.05, 4.69) is 34.9 Å². The molecule has 2 fully saturated rings. The number of anilines is 1. The Morgan fingerprint density at radius 2 is 1.72 bits per heavy atom. The monoisotopic (exact) mass is 491 g/mol. The summed E-state index contributed by atoms with van der Waals surface area (Å²) in [5.74, 6) is 0.760. The van der Waals surface area contributed by atoms with Crippen LogP contribution in [0.25, 0.3) is 0 Å². The third-order valence-electron chi connectivity index (χ3n) is 8.05. The molecule has 3 atom stereocenters. The number of rotatable bonds is 7. The molecule has 36 heavy (non-hydrogen) atoms. The highest BCUT2D eigenvalue weighted by molar-refractivity contribution is 5.70. The Bertz CT molecular complexity index is 1070. The second kappa shape index (κ2) is 10.9. The molecule has 2 bridgehead atoms. The van der Waals surface area contributed by atoms with Crippen LogP contribution in [-0.4, -0.2) is 67.7 Å². The van der Waals surface area contributed by atoms with Crippen LogP contribution < -0.4 is 4.90 Å². The molecule has 192 valence electrons. The van der Waals surface area contributed by atoms with Gasteiger partial charge in [0.25, 0.3) is 0 Å². The first kappa shape index (κ1) is 24.6. The number of carbonyl (C=O) groups is 2. The van der Waals surface area contributed by atoms with Gasteiger partial charge in [0, 0.05) is 45.0 Å². The fourth-order valence-electron chi connectivity index (χ4n) is 6.15. The molecule has 1 unspecified atom stereocenters. The van der Waals surface area contributed by atoms with Gasteiger partial charge in [0.15, 0.2) is 0 Å². The summed E-state index contributed by atoms with van der Waals surface area (Å²) in [6, 6.07) is 16.8. The minimum atomic E-state index is -0.220. The van der Waals surface area contributed by atoms with Crippen molar-refractivity contribution in [1.29, 1.82) is 0 Å². The zero-order chi connectivity index (χ0) is 25.1. The summed E-state index contributed by atoms with van der Waals surface area (Å²) < 4.78 is 10.8. The maximum Gasteiger partial charge on any atom is 0.410 e. The van der Waals surface area contributed by atoms with Crippen LogP contribution in [0.4, 0.5) is 10.5 Å². The average Bonchev–Trinajstić information content (AvgIpc) is 3.06. The van der Waals surface area contributed by atoms with Crippen LogP contribution in [0, 0.1) is 5.92 Å². The molecule has 1 amide bonds. The summed E-state index contributed by atoms with van der Waals surface area (Å²) in [7, 11) is 0. The van der Waals surface area contributed by atoms with Gasteiger partial charge in [-0.05, 0) is 54.0 Å². The number of esters is 1. The number of hydrogen-bond acceptors (Lipinski definition) is 6. The van der Waals surface area contributed by atoms with Crippen LogP contribution in [-0.2, 0) is 20.9 Å². The largest absolute Gasteiger partial charge is 0.466 e. The van der Waals surface area contributed by atoms with Crippen molar-refractivity contribution in [2.24, 2.45) is 5.92 Å². The van der Waals surface area contributed by atoms with Crippen LogP contribution in [0.3, 0.4) is 0 Å². The van der Waals surface area contributed by atoms with Crippen molar-refractivity contribution in [3.8, 4) is 0 Å². The van der Waals surface area contributed by atoms with E-state index in [4.69, 9.17) is 9.47 Å². The highest BCUT2D eigenvalue weighted by atomic mass is 16.6. The first-order chi connectivity index (χ1) is 17.5. The molecular weight excluding hydrogens is 454 g/mol. The fourth-order valence-corrected chi connectivity index (χ4v) is 6.15. The van der Waals surface area contributed by atoms with Gasteiger partial charge in [-0.1, -0.05) is 43.3 Å². The highest BCUT2D eigenvalue weighted by Gasteiger charge is 2.47. The Morgan fingerprint density at radius 3 is 2.47 bits per heavy atom. The molecular formula is C29H37N3O4. The topological polar surface area (TPSA) is 62.3 Å². The van der Waals surface area contributed by atoms with Crippen LogP contribution in [0.2, 0.25) is 0 Å². The van der Waals surface area contributed by atoms with Gasteiger partial charge in [-0.25, -0.2) is 4.79 Å². The standard InChI is InChI=1S/C29H37N3O4/c1-3-35-27(33)12-13-30-15-17-31(18-16-30)23-9-10-25-24-11-14-32(28(21(24)2)26(25)19-23)29(34)36-20-22-7-5-4-6-8-22/h4-10,19,21,24,28H,3,11-18,20H2,1-2H3/t21-,24?,28+/m0/s1. The van der Waals surface area contributed by atoms with Crippen LogP contribution >= 0.6 is 0 Å². The van der Waals surface area contributed by atoms with Gasteiger partial charge >= 0.3 is 12.1 Å². The van der Waals surface area contributed by atoms with Gasteiger partial charge in [0.2, 0.25) is 0 Å². The van der Waals surface area contributed by atoms with Crippen molar-refractivity contribution in [3.63, 3.8) is 0 Å². The zero-order valence-electron chi connectivity index (χ0n) is 21.4. The number of nitrogens with zero attached hydrogens (tertiary/aromatic N) is 3. The van der Waals surface area contributed by atoms with Gasteiger partial charge < -0.3 is 19.3 Å². The SMILES string of the molecule is CCOC(=O)CCN1CCN(c2ccc3c(c2)[C@H]2[C@@H](C)C3CCN2C(=O)OCc2ccccc2)CC1. The molecule has 2 aromatic rings. The Labute approximate surface area is 214 Å². The molecule has 1 aliphatic carbocycles. The first-order valence-corrected chi connectivity index (χ1v) is 13.3. The molecule has 2 aliphatic heterocycles. The number of benzene rings is 2. The van der Waals surface area contributed by atoms with Crippen LogP contribution in [0.5, 0.6) is 0 Å². The summed E-state index contributed by atoms with van der Waals surface area (Å²) in [5, 5.41) is 0. The van der Waals surface area contributed by atoms with E-state index in [1.165, 1.54) is 16.8 Å². The molecule has 0 spiro atoms. The minimum absolute atomic E-state index is 0.0628. The van der Waals surface area contributed by atoms with Crippen LogP contribution in [0.15, 0.2) is 48.5 Å². The number of likely N-dealkylation sites (tertiary alicyclic amines) is 1. The fraction of sp³-hybridized carbons (Fsp3) is 0.517. The van der Waals surface area contributed by atoms with E-state index in [0.29, 0.717) is 31.5 Å². The predicted molar refractivity (Wildman–Crippen MR) is 139 cm³/mol. The maximum atomic E-state index is 13.1. The summed E-state index contributed by atoms with van der Waals surface area (Å²) in [6.45, 7) is 10.0. The van der Waals surface area contributed by atoms with Crippen LogP contribution in [0.1, 0.15) is 55.3 Å². The number of carbonyl (C=O) groups excluding carboxylic acids is 2. The zero-order valence-corrected chi connectivity index (χ0v) is 21.4. The van der Waals surface area contributed by atoms with E-state index in [-0.39, 0.29) is 18.1 Å². The number of fused-ring (bicyclic) bond motifs is 5. The molecule has 3 aliphatic rings. The van der Waals surface area contributed by atoms with E-state index >= 15 is 0 Å². The molecule has 0 radical (unpaired) electrons. The smallest absolute Gasteiger partial charge is 0.410 e. The summed E-state index contributed by atoms with van der Waals surface area (Å²) in [6.07, 6.45) is 1.20. The van der Waals surface area contributed by atoms with Gasteiger partial charge in [-0.15, -0.1) is 0 Å². The second-order valence-corrected chi connectivity index (χ2v) is 10.1. The van der Waals surface area contributed by atoms with Crippen molar-refractivity contribution >= 4 is 17.7 Å². The van der Waals surface area contributed by atoms with Crippen molar-refractivity contribution in [2.45, 2.75) is 45.3 Å². The first-order valence-electron chi connectivity index (χ1n) is 13.3. The number of amides is 1. The third-order valence-corrected chi connectivity index (χ3v) is 8.05. The van der Waals surface area contributed by atoms with Gasteiger partial charge in [0.1, 0.15) is 6.61 Å². The lowest BCUT2D eigenvalue weighted by atomic mass is 9.86. The highest BCUT2D eigenvalue weighted by Crippen LogP contribution is 2.53. The van der Waals surface area contributed by atoms with Crippen molar-refractivity contribution in [2.75, 3.05) is 50.8 Å². The molecule has 0 N–H and O–H groups in total. The second-order valence-electron chi connectivity index (χ2n) is 10.1. The number of hydrogen-bond donors (Lipinski definition) is 0. The Kier molecular flexibility index (Phi) is 7.46. The molecule has 2 heterocycles. The lowest BCUT2D eigenvalue weighted by Gasteiger charge is -2.38. The quantitative estimate of drug-likeness (QED) is 0.529. The molecule has 0 saturated carbocycles. The van der Waals surface area contributed by atoms with Gasteiger partial charge in [-0.2, -0.15) is 0 Å². The van der Waals surface area contributed by atoms with E-state index in [9.17, 15) is 9.59 Å². The Hall–Kier alpha value is -3.06. The lowest BCUT2D eigenvalue weighted by molar-refractivity contribution is -0.143. The normalized spacial score (nSPS) is 23.3. The average molecular weight is 492 g/mol. The molecule has 5 rings (SSSR count). The summed E-state index contributed by atoms with van der Waals surface area (Å²) in [5.41, 5.74) is 4.90. The number of ether oxygens (including phenoxy) is 2. The summed E-state index contributed by atoms with van der Waals surface area (Å²) >= 11 is 0. The van der Waals surface area contributed by atoms with Gasteiger partial charge in [0.05, 0.1) is 19.1 Å². The number of piperidine rings is 1. The van der Waals surface area contributed by atoms with E-state index in [1.54, 1.807) is 0 Å². The molecule has 2 aromatic carbocycles. The van der Waals surface area contributed by atoms with Crippen molar-refractivity contribution in [3.05, 3.63) is 65.2 Å². The van der Waals surface area contributed by atoms with Crippen molar-refractivity contribution < 1.29 is 19.1 Å². The van der Waals surface area contributed by atoms with E-state index < -0.39 is 0 Å². The molecule has 2 saturated heterocycles. The minimum Gasteiger partial charge on any atom is -0.466 e. The van der Waals surface area contributed by atoms with Crippen molar-refractivity contribution in [1.82, 2.24) is 9.80 Å². The molecule has 0 aromatic heterocycles. The maximum absolute atomic E-state index is 13.1. The summed E-state index contributed by atoms with van der Waals surface area (Å²) in [4.78, 5) is 31.5. The lowest BCUT2D eigenvalue weighted by Crippen LogP contribution is -2.47. The van der Waals surface area contributed by atoms with Gasteiger partial charge in [-0.3, -0.25) is 9.69 Å². The molecule has 7 heteroatoms. The third kappa shape index (κ3) is 5.07. The molecule has 7 nitrogen and oxygen atoms in total. The predicted octanol–water partition coefficient (Wildman–Crippen LogP) is 4.58. The number of piperazine rings is 1. The Morgan fingerprint density at radius 1 is 0.944 bits per heavy atom. The Balaban J connectivity index is 1.24.